The van der Waals surface area contributed by atoms with Crippen molar-refractivity contribution >= 4 is 5.97 Å². The fourth-order valence-electron chi connectivity index (χ4n) is 7.42. The second-order valence-electron chi connectivity index (χ2n) is 8.63. The van der Waals surface area contributed by atoms with Crippen molar-refractivity contribution in [2.24, 2.45) is 53.3 Å². The SMILES string of the molecule is COC(=O)CCCCCC1CC2C1C1C3C4CCC4C3C21. The fraction of sp³-hybridized carbons (Fsp3) is 0.947. The second-order valence-corrected chi connectivity index (χ2v) is 8.63. The Bertz CT molecular complexity index is 452. The number of carbonyl (C=O) groups is 1. The van der Waals surface area contributed by atoms with E-state index in [-0.39, 0.29) is 5.97 Å². The summed E-state index contributed by atoms with van der Waals surface area (Å²) in [5.41, 5.74) is 0. The first-order valence-corrected chi connectivity index (χ1v) is 9.38. The fourth-order valence-corrected chi connectivity index (χ4v) is 7.42. The lowest BCUT2D eigenvalue weighted by Gasteiger charge is -2.85. The Morgan fingerprint density at radius 1 is 0.905 bits per heavy atom. The van der Waals surface area contributed by atoms with Crippen molar-refractivity contribution in [3.63, 3.8) is 0 Å². The number of rotatable bonds is 6. The lowest BCUT2D eigenvalue weighted by molar-refractivity contribution is -0.375. The third kappa shape index (κ3) is 1.52. The van der Waals surface area contributed by atoms with Gasteiger partial charge in [0.15, 0.2) is 0 Å². The Labute approximate surface area is 128 Å². The first-order chi connectivity index (χ1) is 10.3. The van der Waals surface area contributed by atoms with Gasteiger partial charge in [0.1, 0.15) is 0 Å². The van der Waals surface area contributed by atoms with E-state index in [0.717, 1.165) is 24.2 Å². The van der Waals surface area contributed by atoms with Gasteiger partial charge in [-0.25, -0.2) is 0 Å². The quantitative estimate of drug-likeness (QED) is 0.421. The second kappa shape index (κ2) is 4.49. The van der Waals surface area contributed by atoms with Gasteiger partial charge in [-0.3, -0.25) is 4.79 Å². The van der Waals surface area contributed by atoms with Crippen molar-refractivity contribution in [3.8, 4) is 0 Å². The lowest BCUT2D eigenvalue weighted by Crippen LogP contribution is -2.80. The summed E-state index contributed by atoms with van der Waals surface area (Å²) in [5, 5.41) is 0. The van der Waals surface area contributed by atoms with Gasteiger partial charge in [0.2, 0.25) is 0 Å². The molecule has 0 spiro atoms. The number of fused-ring (bicyclic) bond motifs is 10. The van der Waals surface area contributed by atoms with Crippen LogP contribution in [0.4, 0.5) is 0 Å². The Morgan fingerprint density at radius 3 is 2.33 bits per heavy atom. The molecule has 0 aliphatic heterocycles. The molecule has 0 aromatic rings. The van der Waals surface area contributed by atoms with Crippen molar-refractivity contribution in [1.82, 2.24) is 0 Å². The molecule has 9 atom stereocenters. The largest absolute Gasteiger partial charge is 0.469 e. The van der Waals surface area contributed by atoms with Crippen molar-refractivity contribution in [2.75, 3.05) is 7.11 Å². The van der Waals surface area contributed by atoms with Crippen LogP contribution in [0.5, 0.6) is 0 Å². The van der Waals surface area contributed by atoms with Crippen LogP contribution >= 0.6 is 0 Å². The zero-order chi connectivity index (χ0) is 14.1. The number of methoxy groups -OCH3 is 1. The standard InChI is InChI=1S/C19H28O2/c1-21-14(20)6-4-2-3-5-10-9-13-15(10)19-17-12-8-7-11(12)16(17)18(13)19/h10-13,15-19H,2-9H2,1H3. The summed E-state index contributed by atoms with van der Waals surface area (Å²) < 4.78 is 4.70. The maximum Gasteiger partial charge on any atom is 0.305 e. The monoisotopic (exact) mass is 288 g/mol. The van der Waals surface area contributed by atoms with E-state index in [2.05, 4.69) is 0 Å². The van der Waals surface area contributed by atoms with Crippen LogP contribution in [0, 0.1) is 53.3 Å². The van der Waals surface area contributed by atoms with Gasteiger partial charge in [-0.05, 0) is 78.9 Å². The van der Waals surface area contributed by atoms with E-state index < -0.39 is 0 Å². The smallest absolute Gasteiger partial charge is 0.305 e. The van der Waals surface area contributed by atoms with Crippen LogP contribution in [-0.2, 0) is 9.53 Å². The summed E-state index contributed by atoms with van der Waals surface area (Å²) in [7, 11) is 1.49. The summed E-state index contributed by atoms with van der Waals surface area (Å²) in [6.07, 6.45) is 10.3. The highest BCUT2D eigenvalue weighted by Crippen LogP contribution is 2.84. The van der Waals surface area contributed by atoms with E-state index >= 15 is 0 Å². The number of ether oxygens (including phenoxy) is 1. The molecule has 5 rings (SSSR count). The highest BCUT2D eigenvalue weighted by molar-refractivity contribution is 5.68. The van der Waals surface area contributed by atoms with Crippen molar-refractivity contribution in [3.05, 3.63) is 0 Å². The van der Waals surface area contributed by atoms with Gasteiger partial charge in [-0.2, -0.15) is 0 Å². The number of hydrogen-bond donors (Lipinski definition) is 0. The maximum atomic E-state index is 11.1. The predicted octanol–water partition coefficient (Wildman–Crippen LogP) is 3.89. The summed E-state index contributed by atoms with van der Waals surface area (Å²) in [6, 6.07) is 0. The highest BCUT2D eigenvalue weighted by atomic mass is 16.5. The molecular weight excluding hydrogens is 260 g/mol. The van der Waals surface area contributed by atoms with E-state index in [9.17, 15) is 4.79 Å². The molecule has 0 aromatic heterocycles. The molecule has 0 radical (unpaired) electrons. The Balaban J connectivity index is 1.05. The van der Waals surface area contributed by atoms with Crippen LogP contribution < -0.4 is 0 Å². The Kier molecular flexibility index (Phi) is 2.77. The molecule has 0 aromatic carbocycles. The first-order valence-electron chi connectivity index (χ1n) is 9.38. The minimum absolute atomic E-state index is 0.0407. The molecule has 0 bridgehead atoms. The van der Waals surface area contributed by atoms with Gasteiger partial charge in [-0.15, -0.1) is 0 Å². The van der Waals surface area contributed by atoms with Crippen molar-refractivity contribution in [1.29, 1.82) is 0 Å². The molecule has 5 aliphatic rings. The van der Waals surface area contributed by atoms with Crippen LogP contribution in [0.25, 0.3) is 0 Å². The van der Waals surface area contributed by atoms with Gasteiger partial charge < -0.3 is 4.74 Å². The molecule has 5 aliphatic carbocycles. The molecule has 0 saturated heterocycles. The average molecular weight is 288 g/mol. The lowest BCUT2D eigenvalue weighted by atomic mass is 9.20. The molecule has 5 saturated carbocycles. The summed E-state index contributed by atoms with van der Waals surface area (Å²) >= 11 is 0. The molecule has 0 N–H and O–H groups in total. The molecule has 116 valence electrons. The van der Waals surface area contributed by atoms with Gasteiger partial charge in [-0.1, -0.05) is 19.3 Å². The third-order valence-corrected chi connectivity index (χ3v) is 8.39. The van der Waals surface area contributed by atoms with Crippen LogP contribution in [0.1, 0.15) is 51.4 Å². The van der Waals surface area contributed by atoms with E-state index in [1.165, 1.54) is 61.9 Å². The van der Waals surface area contributed by atoms with Crippen LogP contribution in [0.15, 0.2) is 0 Å². The van der Waals surface area contributed by atoms with E-state index in [0.29, 0.717) is 6.42 Å². The van der Waals surface area contributed by atoms with Crippen LogP contribution in [0.3, 0.4) is 0 Å². The molecule has 0 heterocycles. The molecular formula is C19H28O2. The normalized spacial score (nSPS) is 54.0. The number of esters is 1. The molecule has 9 unspecified atom stereocenters. The summed E-state index contributed by atoms with van der Waals surface area (Å²) in [4.78, 5) is 11.1. The van der Waals surface area contributed by atoms with Crippen LogP contribution in [-0.4, -0.2) is 13.1 Å². The highest BCUT2D eigenvalue weighted by Gasteiger charge is 2.79. The van der Waals surface area contributed by atoms with Gasteiger partial charge in [0.25, 0.3) is 0 Å². The Hall–Kier alpha value is -0.530. The minimum Gasteiger partial charge on any atom is -0.469 e. The zero-order valence-corrected chi connectivity index (χ0v) is 13.2. The molecule has 5 fully saturated rings. The van der Waals surface area contributed by atoms with Crippen molar-refractivity contribution < 1.29 is 9.53 Å². The summed E-state index contributed by atoms with van der Waals surface area (Å²) in [5.74, 6) is 10.6. The van der Waals surface area contributed by atoms with E-state index in [4.69, 9.17) is 4.74 Å². The van der Waals surface area contributed by atoms with Gasteiger partial charge >= 0.3 is 5.97 Å². The first kappa shape index (κ1) is 13.0. The predicted molar refractivity (Wildman–Crippen MR) is 80.4 cm³/mol. The zero-order valence-electron chi connectivity index (χ0n) is 13.2. The van der Waals surface area contributed by atoms with Crippen molar-refractivity contribution in [2.45, 2.75) is 51.4 Å². The average Bonchev–Trinajstić information content (AvgIpc) is 2.44. The summed E-state index contributed by atoms with van der Waals surface area (Å²) in [6.45, 7) is 0. The third-order valence-electron chi connectivity index (χ3n) is 8.39. The maximum absolute atomic E-state index is 11.1. The Morgan fingerprint density at radius 2 is 1.62 bits per heavy atom. The number of hydrogen-bond acceptors (Lipinski definition) is 2. The molecule has 21 heavy (non-hydrogen) atoms. The van der Waals surface area contributed by atoms with Gasteiger partial charge in [0.05, 0.1) is 7.11 Å². The van der Waals surface area contributed by atoms with E-state index in [1.807, 2.05) is 0 Å². The van der Waals surface area contributed by atoms with Gasteiger partial charge in [0, 0.05) is 6.42 Å². The number of unbranched alkanes of at least 4 members (excludes halogenated alkanes) is 2. The molecule has 2 heteroatoms. The minimum atomic E-state index is -0.0407. The molecule has 0 amide bonds. The number of carbonyl (C=O) groups excluding carboxylic acids is 1. The molecule has 2 nitrogen and oxygen atoms in total. The topological polar surface area (TPSA) is 26.3 Å². The van der Waals surface area contributed by atoms with Crippen LogP contribution in [0.2, 0.25) is 0 Å². The van der Waals surface area contributed by atoms with E-state index in [1.54, 1.807) is 19.3 Å².